The highest BCUT2D eigenvalue weighted by atomic mass is 19.4. The van der Waals surface area contributed by atoms with E-state index in [1.165, 1.54) is 0 Å². The number of nitrogens with one attached hydrogen (secondary N) is 2. The van der Waals surface area contributed by atoms with Crippen molar-refractivity contribution in [2.45, 2.75) is 92.7 Å². The fourth-order valence-electron chi connectivity index (χ4n) is 10.3. The molecule has 0 aromatic carbocycles. The van der Waals surface area contributed by atoms with Crippen LogP contribution in [-0.2, 0) is 14.4 Å². The Labute approximate surface area is 246 Å². The van der Waals surface area contributed by atoms with Crippen LogP contribution in [0.3, 0.4) is 0 Å². The van der Waals surface area contributed by atoms with Crippen LogP contribution in [0.25, 0.3) is 0 Å². The molecule has 1 amide bonds. The first-order chi connectivity index (χ1) is 19.2. The molecule has 6 nitrogen and oxygen atoms in total. The van der Waals surface area contributed by atoms with Gasteiger partial charge in [-0.2, -0.15) is 18.4 Å². The van der Waals surface area contributed by atoms with Crippen LogP contribution in [0.2, 0.25) is 0 Å². The summed E-state index contributed by atoms with van der Waals surface area (Å²) in [6.07, 6.45) is 3.91. The summed E-state index contributed by atoms with van der Waals surface area (Å²) < 4.78 is 39.4. The third-order valence-corrected chi connectivity index (χ3v) is 12.8. The van der Waals surface area contributed by atoms with Gasteiger partial charge < -0.3 is 10.7 Å². The van der Waals surface area contributed by atoms with E-state index in [1.807, 2.05) is 13.0 Å². The third kappa shape index (κ3) is 3.95. The Balaban J connectivity index is 1.66. The molecule has 0 bridgehead atoms. The molecule has 9 heteroatoms. The van der Waals surface area contributed by atoms with Crippen molar-refractivity contribution in [3.8, 4) is 6.07 Å². The normalized spacial score (nSPS) is 44.2. The maximum absolute atomic E-state index is 14.5. The fourth-order valence-corrected chi connectivity index (χ4v) is 10.3. The average Bonchev–Trinajstić information content (AvgIpc) is 2.90. The lowest BCUT2D eigenvalue weighted by molar-refractivity contribution is -0.180. The van der Waals surface area contributed by atoms with Crippen molar-refractivity contribution >= 4 is 23.7 Å². The minimum absolute atomic E-state index is 0.00246. The largest absolute Gasteiger partial charge is 0.405 e. The Morgan fingerprint density at radius 1 is 1.10 bits per heavy atom. The van der Waals surface area contributed by atoms with Gasteiger partial charge >= 0.3 is 6.18 Å². The molecule has 0 aromatic rings. The first-order valence-electron chi connectivity index (χ1n) is 15.1. The van der Waals surface area contributed by atoms with E-state index in [1.54, 1.807) is 19.1 Å². The van der Waals surface area contributed by atoms with Crippen molar-refractivity contribution in [2.75, 3.05) is 6.54 Å². The van der Waals surface area contributed by atoms with Gasteiger partial charge in [0.2, 0.25) is 5.91 Å². The summed E-state index contributed by atoms with van der Waals surface area (Å²) in [7, 11) is 0. The van der Waals surface area contributed by atoms with Gasteiger partial charge in [0, 0.05) is 17.5 Å². The predicted octanol–water partition coefficient (Wildman–Crippen LogP) is 6.51. The number of fused-ring (bicyclic) bond motifs is 7. The lowest BCUT2D eigenvalue weighted by Crippen LogP contribution is -2.67. The highest BCUT2D eigenvalue weighted by Gasteiger charge is 2.71. The summed E-state index contributed by atoms with van der Waals surface area (Å²) in [5.41, 5.74) is -3.45. The Bertz CT molecular complexity index is 1370. The van der Waals surface area contributed by atoms with Crippen molar-refractivity contribution in [3.63, 3.8) is 0 Å². The number of Topliss-reactive ketones (excluding diaryl/α,β-unsaturated/α-hetero) is 1. The van der Waals surface area contributed by atoms with Crippen LogP contribution in [0.1, 0.15) is 86.5 Å². The molecule has 0 spiro atoms. The van der Waals surface area contributed by atoms with E-state index in [0.717, 1.165) is 11.8 Å². The van der Waals surface area contributed by atoms with Crippen LogP contribution < -0.4 is 5.32 Å². The van der Waals surface area contributed by atoms with Crippen LogP contribution in [0.4, 0.5) is 13.2 Å². The minimum Gasteiger partial charge on any atom is -0.346 e. The Kier molecular flexibility index (Phi) is 6.67. The van der Waals surface area contributed by atoms with Crippen LogP contribution in [0.15, 0.2) is 23.3 Å². The van der Waals surface area contributed by atoms with Gasteiger partial charge in [0.05, 0.1) is 16.4 Å². The Morgan fingerprint density at radius 3 is 2.33 bits per heavy atom. The first-order valence-corrected chi connectivity index (χ1v) is 15.1. The maximum Gasteiger partial charge on any atom is 0.405 e. The SMILES string of the molecule is CC1(C)CC[C@]2(C(=O)NCC(F)(F)F)CC[C@]3(C)[C@H](C(=O)C=C4[C@@]5(C)C=C(C#N)C(=O)[C@@](C)(C=N)C5CC[C@]43C)[C@@H]2C1. The van der Waals surface area contributed by atoms with Crippen molar-refractivity contribution in [1.82, 2.24) is 5.32 Å². The van der Waals surface area contributed by atoms with Crippen LogP contribution in [-0.4, -0.2) is 36.4 Å². The summed E-state index contributed by atoms with van der Waals surface area (Å²) in [4.78, 5) is 41.4. The number of carbonyl (C=O) groups excluding carboxylic acids is 3. The Hall–Kier alpha value is -2.76. The van der Waals surface area contributed by atoms with E-state index >= 15 is 0 Å². The third-order valence-electron chi connectivity index (χ3n) is 12.8. The molecular weight excluding hydrogens is 543 g/mol. The molecule has 42 heavy (non-hydrogen) atoms. The van der Waals surface area contributed by atoms with E-state index in [4.69, 9.17) is 5.41 Å². The Morgan fingerprint density at radius 2 is 1.74 bits per heavy atom. The van der Waals surface area contributed by atoms with E-state index in [0.29, 0.717) is 44.9 Å². The monoisotopic (exact) mass is 585 g/mol. The second-order valence-electron chi connectivity index (χ2n) is 15.4. The van der Waals surface area contributed by atoms with Gasteiger partial charge in [0.15, 0.2) is 11.6 Å². The van der Waals surface area contributed by atoms with Crippen molar-refractivity contribution in [1.29, 1.82) is 10.7 Å². The molecule has 3 fully saturated rings. The van der Waals surface area contributed by atoms with Gasteiger partial charge in [-0.15, -0.1) is 0 Å². The topological polar surface area (TPSA) is 111 Å². The maximum atomic E-state index is 14.5. The number of rotatable bonds is 3. The van der Waals surface area contributed by atoms with E-state index in [9.17, 15) is 32.8 Å². The van der Waals surface area contributed by atoms with Crippen molar-refractivity contribution in [2.24, 2.45) is 50.2 Å². The number of hydrogen-bond donors (Lipinski definition) is 2. The van der Waals surface area contributed by atoms with E-state index in [2.05, 4.69) is 33.0 Å². The number of amides is 1. The zero-order chi connectivity index (χ0) is 31.3. The zero-order valence-electron chi connectivity index (χ0n) is 25.4. The molecule has 1 unspecified atom stereocenters. The number of carbonyl (C=O) groups is 3. The molecule has 0 saturated heterocycles. The molecule has 5 aliphatic carbocycles. The van der Waals surface area contributed by atoms with E-state index in [-0.39, 0.29) is 28.5 Å². The summed E-state index contributed by atoms with van der Waals surface area (Å²) in [5.74, 6) is -2.35. The quantitative estimate of drug-likeness (QED) is 0.368. The van der Waals surface area contributed by atoms with Crippen LogP contribution in [0.5, 0.6) is 0 Å². The smallest absolute Gasteiger partial charge is 0.346 e. The predicted molar refractivity (Wildman–Crippen MR) is 151 cm³/mol. The first kappa shape index (κ1) is 30.7. The van der Waals surface area contributed by atoms with Crippen molar-refractivity contribution < 1.29 is 27.6 Å². The number of ketones is 2. The zero-order valence-corrected chi connectivity index (χ0v) is 25.4. The molecule has 0 aromatic heterocycles. The van der Waals surface area contributed by atoms with Gasteiger partial charge in [0.1, 0.15) is 12.6 Å². The second-order valence-corrected chi connectivity index (χ2v) is 15.4. The number of halogens is 3. The number of alkyl halides is 3. The summed E-state index contributed by atoms with van der Waals surface area (Å²) in [6, 6.07) is 2.04. The molecule has 2 N–H and O–H groups in total. The van der Waals surface area contributed by atoms with Crippen LogP contribution >= 0.6 is 0 Å². The number of hydrogen-bond acceptors (Lipinski definition) is 5. The van der Waals surface area contributed by atoms with Gasteiger partial charge in [-0.3, -0.25) is 14.4 Å². The molecule has 5 aliphatic rings. The summed E-state index contributed by atoms with van der Waals surface area (Å²) in [5, 5.41) is 20.3. The molecule has 228 valence electrons. The molecule has 8 atom stereocenters. The lowest BCUT2D eigenvalue weighted by Gasteiger charge is -2.68. The lowest BCUT2D eigenvalue weighted by atomic mass is 9.34. The minimum atomic E-state index is -4.53. The number of nitrogens with zero attached hydrogens (tertiary/aromatic N) is 1. The summed E-state index contributed by atoms with van der Waals surface area (Å²) in [6.45, 7) is 10.8. The van der Waals surface area contributed by atoms with Gasteiger partial charge in [-0.05, 0) is 86.0 Å². The standard InChI is InChI=1S/C33H42F3N3O3/c1-27(2)9-11-32(26(42)39-18-33(34,35)36)12-10-31(6)24(20(32)15-27)21(40)13-23-28(3)14-19(16-37)25(41)29(4,17-38)22(28)7-8-30(23,31)5/h13-14,17,20,22,24,38H,7-12,15,18H2,1-6H3,(H,39,42)/t20-,22?,24-,28-,29-,30+,31+,32-/m0/s1. The van der Waals surface area contributed by atoms with E-state index < -0.39 is 57.5 Å². The van der Waals surface area contributed by atoms with Crippen LogP contribution in [0, 0.1) is 67.0 Å². The van der Waals surface area contributed by atoms with Gasteiger partial charge in [-0.25, -0.2) is 0 Å². The molecule has 3 saturated carbocycles. The molecule has 0 aliphatic heterocycles. The molecule has 0 heterocycles. The fraction of sp³-hybridized carbons (Fsp3) is 0.727. The molecule has 5 rings (SSSR count). The summed E-state index contributed by atoms with van der Waals surface area (Å²) >= 11 is 0. The van der Waals surface area contributed by atoms with Gasteiger partial charge in [-0.1, -0.05) is 46.3 Å². The van der Waals surface area contributed by atoms with Gasteiger partial charge in [0.25, 0.3) is 0 Å². The number of allylic oxidation sites excluding steroid dienone is 4. The average molecular weight is 586 g/mol. The highest BCUT2D eigenvalue weighted by molar-refractivity contribution is 6.12. The highest BCUT2D eigenvalue weighted by Crippen LogP contribution is 2.74. The second kappa shape index (κ2) is 9.12. The molecule has 0 radical (unpaired) electrons. The number of nitriles is 1. The van der Waals surface area contributed by atoms with Crippen molar-refractivity contribution in [3.05, 3.63) is 23.3 Å². The molecular formula is C33H42F3N3O3.